The van der Waals surface area contributed by atoms with Gasteiger partial charge in [-0.15, -0.1) is 0 Å². The molecular formula is C23H30BrFO5. The van der Waals surface area contributed by atoms with Crippen molar-refractivity contribution < 1.29 is 28.1 Å². The maximum Gasteiger partial charge on any atom is 0.189 e. The molecule has 2 rings (SSSR count). The van der Waals surface area contributed by atoms with Crippen LogP contribution in [0.15, 0.2) is 40.9 Å². The third kappa shape index (κ3) is 9.00. The number of rotatable bonds is 15. The van der Waals surface area contributed by atoms with Crippen LogP contribution in [0, 0.1) is 5.82 Å². The lowest BCUT2D eigenvalue weighted by molar-refractivity contribution is -0.00847. The lowest BCUT2D eigenvalue weighted by Crippen LogP contribution is -2.07. The predicted molar refractivity (Wildman–Crippen MR) is 119 cm³/mol. The third-order valence-corrected chi connectivity index (χ3v) is 4.67. The minimum Gasteiger partial charge on any atom is -0.490 e. The Balaban J connectivity index is 1.90. The van der Waals surface area contributed by atoms with Gasteiger partial charge in [0.05, 0.1) is 19.8 Å². The molecule has 0 fully saturated rings. The van der Waals surface area contributed by atoms with E-state index in [-0.39, 0.29) is 12.5 Å². The molecule has 0 bridgehead atoms. The molecule has 2 aromatic rings. The summed E-state index contributed by atoms with van der Waals surface area (Å²) in [7, 11) is 1.61. The average Bonchev–Trinajstić information content (AvgIpc) is 2.73. The summed E-state index contributed by atoms with van der Waals surface area (Å²) in [5, 5.41) is 0. The Morgan fingerprint density at radius 1 is 0.833 bits per heavy atom. The SMILES string of the molecule is CCCCOCCCOc1ccc(-c2cc(Br)cc(OCOCCOC)c2)cc1F. The molecule has 0 aromatic heterocycles. The summed E-state index contributed by atoms with van der Waals surface area (Å²) in [6, 6.07) is 10.5. The van der Waals surface area contributed by atoms with Crippen LogP contribution in [0.1, 0.15) is 26.2 Å². The average molecular weight is 485 g/mol. The molecule has 30 heavy (non-hydrogen) atoms. The fourth-order valence-electron chi connectivity index (χ4n) is 2.61. The first-order chi connectivity index (χ1) is 14.6. The van der Waals surface area contributed by atoms with Gasteiger partial charge in [0, 0.05) is 31.2 Å². The highest BCUT2D eigenvalue weighted by molar-refractivity contribution is 9.10. The lowest BCUT2D eigenvalue weighted by Gasteiger charge is -2.12. The lowest BCUT2D eigenvalue weighted by atomic mass is 10.1. The summed E-state index contributed by atoms with van der Waals surface area (Å²) in [5.41, 5.74) is 1.56. The van der Waals surface area contributed by atoms with E-state index in [0.29, 0.717) is 32.2 Å². The Morgan fingerprint density at radius 3 is 2.43 bits per heavy atom. The Morgan fingerprint density at radius 2 is 1.67 bits per heavy atom. The van der Waals surface area contributed by atoms with Gasteiger partial charge in [-0.2, -0.15) is 0 Å². The van der Waals surface area contributed by atoms with Crippen LogP contribution in [-0.4, -0.2) is 46.9 Å². The Hall–Kier alpha value is -1.67. The quantitative estimate of drug-likeness (QED) is 0.234. The van der Waals surface area contributed by atoms with Gasteiger partial charge in [0.15, 0.2) is 18.4 Å². The van der Waals surface area contributed by atoms with Gasteiger partial charge in [0.2, 0.25) is 0 Å². The minimum atomic E-state index is -0.398. The normalized spacial score (nSPS) is 10.9. The first-order valence-electron chi connectivity index (χ1n) is 10.1. The van der Waals surface area contributed by atoms with Gasteiger partial charge >= 0.3 is 0 Å². The smallest absolute Gasteiger partial charge is 0.189 e. The van der Waals surface area contributed by atoms with Gasteiger partial charge in [0.25, 0.3) is 0 Å². The van der Waals surface area contributed by atoms with Crippen LogP contribution < -0.4 is 9.47 Å². The van der Waals surface area contributed by atoms with Gasteiger partial charge < -0.3 is 23.7 Å². The number of halogens is 2. The second kappa shape index (κ2) is 14.4. The van der Waals surface area contributed by atoms with Gasteiger partial charge in [-0.25, -0.2) is 4.39 Å². The zero-order valence-corrected chi connectivity index (χ0v) is 19.2. The second-order valence-electron chi connectivity index (χ2n) is 6.65. The molecule has 0 aliphatic heterocycles. The molecule has 0 spiro atoms. The van der Waals surface area contributed by atoms with Gasteiger partial charge in [-0.05, 0) is 47.9 Å². The molecule has 0 amide bonds. The van der Waals surface area contributed by atoms with E-state index in [9.17, 15) is 4.39 Å². The topological polar surface area (TPSA) is 46.2 Å². The standard InChI is InChI=1S/C23H30BrFO5/c1-3-4-8-27-9-5-10-29-23-7-6-18(15-22(23)25)19-13-20(24)16-21(14-19)30-17-28-12-11-26-2/h6-7,13-16H,3-5,8-12,17H2,1-2H3. The third-order valence-electron chi connectivity index (χ3n) is 4.21. The first-order valence-corrected chi connectivity index (χ1v) is 10.9. The molecule has 0 radical (unpaired) electrons. The summed E-state index contributed by atoms with van der Waals surface area (Å²) < 4.78 is 42.2. The van der Waals surface area contributed by atoms with Crippen LogP contribution in [-0.2, 0) is 14.2 Å². The van der Waals surface area contributed by atoms with E-state index in [1.807, 2.05) is 24.3 Å². The van der Waals surface area contributed by atoms with E-state index in [0.717, 1.165) is 41.5 Å². The molecule has 2 aromatic carbocycles. The van der Waals surface area contributed by atoms with Crippen LogP contribution in [0.2, 0.25) is 0 Å². The van der Waals surface area contributed by atoms with Crippen molar-refractivity contribution in [3.8, 4) is 22.6 Å². The second-order valence-corrected chi connectivity index (χ2v) is 7.57. The Bertz CT molecular complexity index is 756. The molecule has 0 heterocycles. The molecule has 0 unspecified atom stereocenters. The predicted octanol–water partition coefficient (Wildman–Crippen LogP) is 5.84. The fraction of sp³-hybridized carbons (Fsp3) is 0.478. The fourth-order valence-corrected chi connectivity index (χ4v) is 3.08. The number of hydrogen-bond acceptors (Lipinski definition) is 5. The number of hydrogen-bond donors (Lipinski definition) is 0. The van der Waals surface area contributed by atoms with Crippen LogP contribution in [0.25, 0.3) is 11.1 Å². The highest BCUT2D eigenvalue weighted by Gasteiger charge is 2.09. The van der Waals surface area contributed by atoms with E-state index < -0.39 is 5.82 Å². The van der Waals surface area contributed by atoms with Crippen molar-refractivity contribution in [2.45, 2.75) is 26.2 Å². The number of benzene rings is 2. The van der Waals surface area contributed by atoms with E-state index >= 15 is 0 Å². The summed E-state index contributed by atoms with van der Waals surface area (Å²) >= 11 is 3.47. The molecule has 0 atom stereocenters. The van der Waals surface area contributed by atoms with Crippen LogP contribution in [0.3, 0.4) is 0 Å². The van der Waals surface area contributed by atoms with E-state index in [2.05, 4.69) is 22.9 Å². The van der Waals surface area contributed by atoms with Crippen molar-refractivity contribution >= 4 is 15.9 Å². The molecule has 0 aliphatic carbocycles. The first kappa shape index (κ1) is 24.6. The molecule has 0 saturated heterocycles. The monoisotopic (exact) mass is 484 g/mol. The number of methoxy groups -OCH3 is 1. The summed E-state index contributed by atoms with van der Waals surface area (Å²) in [4.78, 5) is 0. The van der Waals surface area contributed by atoms with Crippen molar-refractivity contribution in [1.29, 1.82) is 0 Å². The summed E-state index contributed by atoms with van der Waals surface area (Å²) in [6.07, 6.45) is 2.89. The van der Waals surface area contributed by atoms with Gasteiger partial charge in [-0.1, -0.05) is 35.3 Å². The van der Waals surface area contributed by atoms with Crippen molar-refractivity contribution in [1.82, 2.24) is 0 Å². The minimum absolute atomic E-state index is 0.114. The highest BCUT2D eigenvalue weighted by atomic mass is 79.9. The van der Waals surface area contributed by atoms with Crippen molar-refractivity contribution in [2.24, 2.45) is 0 Å². The largest absolute Gasteiger partial charge is 0.490 e. The molecule has 7 heteroatoms. The molecule has 5 nitrogen and oxygen atoms in total. The van der Waals surface area contributed by atoms with Crippen LogP contribution in [0.5, 0.6) is 11.5 Å². The molecule has 166 valence electrons. The summed E-state index contributed by atoms with van der Waals surface area (Å²) in [6.45, 7) is 5.00. The maximum absolute atomic E-state index is 14.5. The molecule has 0 N–H and O–H groups in total. The maximum atomic E-state index is 14.5. The number of unbranched alkanes of at least 4 members (excludes halogenated alkanes) is 1. The van der Waals surface area contributed by atoms with Crippen molar-refractivity contribution in [2.75, 3.05) is 46.9 Å². The Kier molecular flexibility index (Phi) is 11.8. The number of ether oxygens (including phenoxy) is 5. The summed E-state index contributed by atoms with van der Waals surface area (Å²) in [5.74, 6) is 0.468. The van der Waals surface area contributed by atoms with Crippen LogP contribution >= 0.6 is 15.9 Å². The van der Waals surface area contributed by atoms with E-state index in [4.69, 9.17) is 23.7 Å². The zero-order valence-electron chi connectivity index (χ0n) is 17.6. The van der Waals surface area contributed by atoms with E-state index in [1.165, 1.54) is 6.07 Å². The molecule has 0 aliphatic rings. The molecular weight excluding hydrogens is 455 g/mol. The Labute approximate surface area is 186 Å². The zero-order chi connectivity index (χ0) is 21.6. The van der Waals surface area contributed by atoms with Crippen molar-refractivity contribution in [3.63, 3.8) is 0 Å². The van der Waals surface area contributed by atoms with Gasteiger partial charge in [-0.3, -0.25) is 0 Å². The van der Waals surface area contributed by atoms with Crippen molar-refractivity contribution in [3.05, 3.63) is 46.7 Å². The van der Waals surface area contributed by atoms with Gasteiger partial charge in [0.1, 0.15) is 5.75 Å². The van der Waals surface area contributed by atoms with E-state index in [1.54, 1.807) is 13.2 Å². The highest BCUT2D eigenvalue weighted by Crippen LogP contribution is 2.31. The molecule has 0 saturated carbocycles. The van der Waals surface area contributed by atoms with Crippen LogP contribution in [0.4, 0.5) is 4.39 Å².